The lowest BCUT2D eigenvalue weighted by Crippen LogP contribution is -2.32. The average molecular weight is 445 g/mol. The maximum absolute atomic E-state index is 12.8. The van der Waals surface area contributed by atoms with Crippen molar-refractivity contribution in [2.45, 2.75) is 23.8 Å². The number of carbonyl (C=O) groups is 1. The molecule has 0 aliphatic carbocycles. The minimum Gasteiger partial charge on any atom is -0.377 e. The van der Waals surface area contributed by atoms with Gasteiger partial charge in [-0.25, -0.2) is 13.1 Å². The van der Waals surface area contributed by atoms with Gasteiger partial charge in [0.2, 0.25) is 10.0 Å². The molecule has 3 aromatic rings. The van der Waals surface area contributed by atoms with E-state index in [1.54, 1.807) is 6.07 Å². The zero-order valence-electron chi connectivity index (χ0n) is 16.1. The third-order valence-electron chi connectivity index (χ3n) is 5.05. The van der Waals surface area contributed by atoms with Gasteiger partial charge in [-0.15, -0.1) is 0 Å². The number of nitrogens with one attached hydrogen (secondary N) is 2. The molecular formula is C22H21ClN2O4S. The average Bonchev–Trinajstić information content (AvgIpc) is 3.26. The summed E-state index contributed by atoms with van der Waals surface area (Å²) in [7, 11) is -3.88. The lowest BCUT2D eigenvalue weighted by atomic mass is 10.1. The first kappa shape index (κ1) is 20.8. The standard InChI is InChI=1S/C22H21ClN2O4S/c23-19-11-10-16(13-21(19)30(27,28)24-14-17-7-4-12-29-17)22(26)25-20-9-3-6-15-5-1-2-8-18(15)20/h1-3,5-6,8-11,13,17,24H,4,7,12,14H2,(H,25,26)/t17-/m1/s1. The monoisotopic (exact) mass is 444 g/mol. The van der Waals surface area contributed by atoms with E-state index in [9.17, 15) is 13.2 Å². The second-order valence-electron chi connectivity index (χ2n) is 7.11. The molecule has 1 atom stereocenters. The third kappa shape index (κ3) is 4.49. The molecule has 2 N–H and O–H groups in total. The number of hydrogen-bond acceptors (Lipinski definition) is 4. The Labute approximate surface area is 180 Å². The van der Waals surface area contributed by atoms with Gasteiger partial charge in [0, 0.05) is 29.8 Å². The number of carbonyl (C=O) groups excluding carboxylic acids is 1. The summed E-state index contributed by atoms with van der Waals surface area (Å²) in [6.07, 6.45) is 1.58. The normalized spacial score (nSPS) is 16.6. The van der Waals surface area contributed by atoms with Gasteiger partial charge in [0.1, 0.15) is 4.90 Å². The fraction of sp³-hybridized carbons (Fsp3) is 0.227. The van der Waals surface area contributed by atoms with E-state index in [2.05, 4.69) is 10.0 Å². The van der Waals surface area contributed by atoms with Gasteiger partial charge >= 0.3 is 0 Å². The van der Waals surface area contributed by atoms with Crippen LogP contribution in [0, 0.1) is 0 Å². The van der Waals surface area contributed by atoms with Crippen molar-refractivity contribution in [2.75, 3.05) is 18.5 Å². The highest BCUT2D eigenvalue weighted by atomic mass is 35.5. The molecule has 1 heterocycles. The highest BCUT2D eigenvalue weighted by molar-refractivity contribution is 7.89. The van der Waals surface area contributed by atoms with E-state index in [4.69, 9.17) is 16.3 Å². The summed E-state index contributed by atoms with van der Waals surface area (Å²) < 4.78 is 33.5. The van der Waals surface area contributed by atoms with Crippen molar-refractivity contribution in [2.24, 2.45) is 0 Å². The summed E-state index contributed by atoms with van der Waals surface area (Å²) in [4.78, 5) is 12.7. The molecule has 1 saturated heterocycles. The van der Waals surface area contributed by atoms with E-state index < -0.39 is 15.9 Å². The van der Waals surface area contributed by atoms with Crippen LogP contribution in [-0.4, -0.2) is 33.6 Å². The molecule has 0 bridgehead atoms. The lowest BCUT2D eigenvalue weighted by Gasteiger charge is -2.13. The van der Waals surface area contributed by atoms with Gasteiger partial charge in [0.15, 0.2) is 0 Å². The topological polar surface area (TPSA) is 84.5 Å². The minimum atomic E-state index is -3.88. The van der Waals surface area contributed by atoms with Crippen LogP contribution in [0.4, 0.5) is 5.69 Å². The second kappa shape index (κ2) is 8.73. The Balaban J connectivity index is 1.56. The number of fused-ring (bicyclic) bond motifs is 1. The Hall–Kier alpha value is -2.45. The van der Waals surface area contributed by atoms with Crippen molar-refractivity contribution in [3.8, 4) is 0 Å². The van der Waals surface area contributed by atoms with Crippen LogP contribution < -0.4 is 10.0 Å². The van der Waals surface area contributed by atoms with Crippen molar-refractivity contribution in [3.63, 3.8) is 0 Å². The zero-order chi connectivity index (χ0) is 21.1. The maximum atomic E-state index is 12.8. The van der Waals surface area contributed by atoms with E-state index in [0.29, 0.717) is 12.3 Å². The summed E-state index contributed by atoms with van der Waals surface area (Å²) in [5, 5.41) is 4.80. The molecule has 3 aromatic carbocycles. The molecule has 0 spiro atoms. The predicted molar refractivity (Wildman–Crippen MR) is 118 cm³/mol. The number of anilines is 1. The van der Waals surface area contributed by atoms with Crippen molar-refractivity contribution >= 4 is 44.0 Å². The van der Waals surface area contributed by atoms with Crippen LogP contribution in [0.5, 0.6) is 0 Å². The van der Waals surface area contributed by atoms with Gasteiger partial charge in [-0.1, -0.05) is 48.0 Å². The molecule has 8 heteroatoms. The van der Waals surface area contributed by atoms with Crippen LogP contribution in [0.1, 0.15) is 23.2 Å². The summed E-state index contributed by atoms with van der Waals surface area (Å²) in [5.41, 5.74) is 0.846. The Kier molecular flexibility index (Phi) is 6.06. The van der Waals surface area contributed by atoms with Gasteiger partial charge in [-0.3, -0.25) is 4.79 Å². The van der Waals surface area contributed by atoms with Gasteiger partial charge in [-0.2, -0.15) is 0 Å². The highest BCUT2D eigenvalue weighted by Gasteiger charge is 2.23. The van der Waals surface area contributed by atoms with Crippen molar-refractivity contribution < 1.29 is 17.9 Å². The predicted octanol–water partition coefficient (Wildman–Crippen LogP) is 4.20. The van der Waals surface area contributed by atoms with Gasteiger partial charge in [0.05, 0.1) is 11.1 Å². The first-order chi connectivity index (χ1) is 14.4. The Bertz CT molecular complexity index is 1190. The fourth-order valence-corrected chi connectivity index (χ4v) is 5.06. The van der Waals surface area contributed by atoms with E-state index in [-0.39, 0.29) is 28.1 Å². The smallest absolute Gasteiger partial charge is 0.255 e. The Morgan fingerprint density at radius 1 is 1.10 bits per heavy atom. The number of sulfonamides is 1. The molecule has 0 unspecified atom stereocenters. The van der Waals surface area contributed by atoms with E-state index in [0.717, 1.165) is 23.6 Å². The SMILES string of the molecule is O=C(Nc1cccc2ccccc12)c1ccc(Cl)c(S(=O)(=O)NC[C@H]2CCCO2)c1. The van der Waals surface area contributed by atoms with E-state index in [1.807, 2.05) is 36.4 Å². The van der Waals surface area contributed by atoms with Crippen molar-refractivity contribution in [1.29, 1.82) is 0 Å². The maximum Gasteiger partial charge on any atom is 0.255 e. The molecule has 6 nitrogen and oxygen atoms in total. The van der Waals surface area contributed by atoms with Gasteiger partial charge < -0.3 is 10.1 Å². The van der Waals surface area contributed by atoms with Gasteiger partial charge in [-0.05, 0) is 42.5 Å². The highest BCUT2D eigenvalue weighted by Crippen LogP contribution is 2.26. The molecule has 1 fully saturated rings. The summed E-state index contributed by atoms with van der Waals surface area (Å²) in [6, 6.07) is 17.5. The molecule has 0 aromatic heterocycles. The fourth-order valence-electron chi connectivity index (χ4n) is 3.47. The van der Waals surface area contributed by atoms with Gasteiger partial charge in [0.25, 0.3) is 5.91 Å². The molecule has 4 rings (SSSR count). The van der Waals surface area contributed by atoms with Crippen LogP contribution in [0.2, 0.25) is 5.02 Å². The van der Waals surface area contributed by atoms with Crippen LogP contribution >= 0.6 is 11.6 Å². The molecular weight excluding hydrogens is 424 g/mol. The minimum absolute atomic E-state index is 0.0524. The number of benzene rings is 3. The first-order valence-electron chi connectivity index (χ1n) is 9.64. The molecule has 1 amide bonds. The summed E-state index contributed by atoms with van der Waals surface area (Å²) in [6.45, 7) is 0.808. The molecule has 1 aliphatic heterocycles. The van der Waals surface area contributed by atoms with Crippen LogP contribution in [-0.2, 0) is 14.8 Å². The number of halogens is 1. The first-order valence-corrected chi connectivity index (χ1v) is 11.5. The number of ether oxygens (including phenoxy) is 1. The zero-order valence-corrected chi connectivity index (χ0v) is 17.7. The van der Waals surface area contributed by atoms with Crippen LogP contribution in [0.3, 0.4) is 0 Å². The molecule has 30 heavy (non-hydrogen) atoms. The number of amides is 1. The van der Waals surface area contributed by atoms with Crippen molar-refractivity contribution in [3.05, 3.63) is 71.2 Å². The molecule has 1 aliphatic rings. The molecule has 0 saturated carbocycles. The summed E-state index contributed by atoms with van der Waals surface area (Å²) >= 11 is 6.14. The van der Waals surface area contributed by atoms with Crippen LogP contribution in [0.15, 0.2) is 65.6 Å². The largest absolute Gasteiger partial charge is 0.377 e. The third-order valence-corrected chi connectivity index (χ3v) is 6.95. The Morgan fingerprint density at radius 2 is 1.90 bits per heavy atom. The summed E-state index contributed by atoms with van der Waals surface area (Å²) in [5.74, 6) is -0.418. The quantitative estimate of drug-likeness (QED) is 0.596. The number of hydrogen-bond donors (Lipinski definition) is 2. The van der Waals surface area contributed by atoms with E-state index in [1.165, 1.54) is 18.2 Å². The molecule has 156 valence electrons. The Morgan fingerprint density at radius 3 is 2.70 bits per heavy atom. The second-order valence-corrected chi connectivity index (χ2v) is 9.26. The molecule has 0 radical (unpaired) electrons. The van der Waals surface area contributed by atoms with Crippen molar-refractivity contribution in [1.82, 2.24) is 4.72 Å². The lowest BCUT2D eigenvalue weighted by molar-refractivity contribution is 0.102. The van der Waals surface area contributed by atoms with E-state index >= 15 is 0 Å². The van der Waals surface area contributed by atoms with Crippen LogP contribution in [0.25, 0.3) is 10.8 Å². The number of rotatable bonds is 6.